The molecule has 0 aromatic heterocycles. The monoisotopic (exact) mass is 244 g/mol. The summed E-state index contributed by atoms with van der Waals surface area (Å²) < 4.78 is 0. The minimum absolute atomic E-state index is 0.116. The standard InChI is InChI=1S/C12H24N2O3/c1-5-8(4)9(10(15)16)14-11(17)12(13,6-2)7-3/h8-9H,5-7,13H2,1-4H3,(H,14,17)(H,15,16)/t8?,9-/m0/s1. The third-order valence-electron chi connectivity index (χ3n) is 3.48. The van der Waals surface area contributed by atoms with Gasteiger partial charge in [0.2, 0.25) is 5.91 Å². The third kappa shape index (κ3) is 4.00. The summed E-state index contributed by atoms with van der Waals surface area (Å²) in [4.78, 5) is 23.0. The highest BCUT2D eigenvalue weighted by molar-refractivity contribution is 5.90. The largest absolute Gasteiger partial charge is 0.480 e. The lowest BCUT2D eigenvalue weighted by molar-refractivity contribution is -0.144. The van der Waals surface area contributed by atoms with Crippen LogP contribution in [0.2, 0.25) is 0 Å². The molecule has 0 radical (unpaired) electrons. The van der Waals surface area contributed by atoms with Gasteiger partial charge in [-0.05, 0) is 18.8 Å². The van der Waals surface area contributed by atoms with Gasteiger partial charge in [-0.1, -0.05) is 34.1 Å². The van der Waals surface area contributed by atoms with Gasteiger partial charge in [0.1, 0.15) is 6.04 Å². The zero-order valence-corrected chi connectivity index (χ0v) is 11.1. The van der Waals surface area contributed by atoms with E-state index < -0.39 is 17.6 Å². The highest BCUT2D eigenvalue weighted by Crippen LogP contribution is 2.14. The molecule has 2 atom stereocenters. The highest BCUT2D eigenvalue weighted by atomic mass is 16.4. The molecule has 0 spiro atoms. The van der Waals surface area contributed by atoms with Crippen LogP contribution in [-0.4, -0.2) is 28.6 Å². The average molecular weight is 244 g/mol. The Hall–Kier alpha value is -1.10. The topological polar surface area (TPSA) is 92.4 Å². The maximum Gasteiger partial charge on any atom is 0.326 e. The molecule has 0 bridgehead atoms. The number of nitrogens with two attached hydrogens (primary N) is 1. The van der Waals surface area contributed by atoms with E-state index in [1.165, 1.54) is 0 Å². The van der Waals surface area contributed by atoms with Crippen molar-refractivity contribution in [1.29, 1.82) is 0 Å². The van der Waals surface area contributed by atoms with E-state index in [1.54, 1.807) is 6.92 Å². The van der Waals surface area contributed by atoms with Gasteiger partial charge in [-0.2, -0.15) is 0 Å². The first-order valence-electron chi connectivity index (χ1n) is 6.15. The average Bonchev–Trinajstić information content (AvgIpc) is 2.33. The van der Waals surface area contributed by atoms with Crippen LogP contribution < -0.4 is 11.1 Å². The van der Waals surface area contributed by atoms with Crippen LogP contribution in [0, 0.1) is 5.92 Å². The van der Waals surface area contributed by atoms with E-state index in [-0.39, 0.29) is 11.8 Å². The molecule has 1 unspecified atom stereocenters. The molecule has 100 valence electrons. The highest BCUT2D eigenvalue weighted by Gasteiger charge is 2.34. The van der Waals surface area contributed by atoms with Crippen molar-refractivity contribution in [2.24, 2.45) is 11.7 Å². The molecule has 1 amide bonds. The zero-order valence-electron chi connectivity index (χ0n) is 11.1. The van der Waals surface area contributed by atoms with Crippen LogP contribution in [0.3, 0.4) is 0 Å². The summed E-state index contributed by atoms with van der Waals surface area (Å²) in [7, 11) is 0. The van der Waals surface area contributed by atoms with Crippen LogP contribution in [0.4, 0.5) is 0 Å². The Morgan fingerprint density at radius 2 is 1.76 bits per heavy atom. The molecule has 5 heteroatoms. The maximum atomic E-state index is 12.0. The SMILES string of the molecule is CCC(C)[C@H](NC(=O)C(N)(CC)CC)C(=O)O. The zero-order chi connectivity index (χ0) is 13.6. The second-order valence-electron chi connectivity index (χ2n) is 4.54. The number of hydrogen-bond acceptors (Lipinski definition) is 3. The van der Waals surface area contributed by atoms with Crippen molar-refractivity contribution in [1.82, 2.24) is 5.32 Å². The van der Waals surface area contributed by atoms with Gasteiger partial charge in [0.05, 0.1) is 5.54 Å². The second kappa shape index (κ2) is 6.59. The maximum absolute atomic E-state index is 12.0. The Morgan fingerprint density at radius 1 is 1.29 bits per heavy atom. The molecule has 0 rings (SSSR count). The van der Waals surface area contributed by atoms with E-state index in [0.29, 0.717) is 19.3 Å². The predicted molar refractivity (Wildman–Crippen MR) is 66.5 cm³/mol. The van der Waals surface area contributed by atoms with Crippen molar-refractivity contribution in [3.8, 4) is 0 Å². The molecule has 0 aliphatic rings. The summed E-state index contributed by atoms with van der Waals surface area (Å²) in [6.45, 7) is 7.33. The normalized spacial score (nSPS) is 15.1. The lowest BCUT2D eigenvalue weighted by Gasteiger charge is -2.29. The van der Waals surface area contributed by atoms with Crippen molar-refractivity contribution in [3.05, 3.63) is 0 Å². The van der Waals surface area contributed by atoms with Crippen LogP contribution in [0.1, 0.15) is 47.0 Å². The lowest BCUT2D eigenvalue weighted by atomic mass is 9.91. The van der Waals surface area contributed by atoms with Gasteiger partial charge in [-0.15, -0.1) is 0 Å². The molecule has 5 nitrogen and oxygen atoms in total. The molecule has 0 heterocycles. The molecule has 0 aromatic carbocycles. The van der Waals surface area contributed by atoms with Gasteiger partial charge < -0.3 is 16.2 Å². The summed E-state index contributed by atoms with van der Waals surface area (Å²) in [5, 5.41) is 11.6. The van der Waals surface area contributed by atoms with Crippen molar-refractivity contribution >= 4 is 11.9 Å². The van der Waals surface area contributed by atoms with E-state index in [0.717, 1.165) is 0 Å². The van der Waals surface area contributed by atoms with Crippen molar-refractivity contribution in [3.63, 3.8) is 0 Å². The molecule has 4 N–H and O–H groups in total. The lowest BCUT2D eigenvalue weighted by Crippen LogP contribution is -2.58. The summed E-state index contributed by atoms with van der Waals surface area (Å²) in [5.41, 5.74) is 4.95. The van der Waals surface area contributed by atoms with E-state index in [4.69, 9.17) is 10.8 Å². The molecular weight excluding hydrogens is 220 g/mol. The van der Waals surface area contributed by atoms with Gasteiger partial charge in [0.15, 0.2) is 0 Å². The van der Waals surface area contributed by atoms with Crippen LogP contribution in [0.15, 0.2) is 0 Å². The molecule has 0 aliphatic heterocycles. The number of carboxylic acids is 1. The first-order valence-corrected chi connectivity index (χ1v) is 6.15. The fraction of sp³-hybridized carbons (Fsp3) is 0.833. The second-order valence-corrected chi connectivity index (χ2v) is 4.54. The molecule has 0 saturated carbocycles. The minimum atomic E-state index is -1.01. The van der Waals surface area contributed by atoms with Crippen molar-refractivity contribution in [2.45, 2.75) is 58.5 Å². The molecule has 0 fully saturated rings. The van der Waals surface area contributed by atoms with Gasteiger partial charge in [0, 0.05) is 0 Å². The smallest absolute Gasteiger partial charge is 0.326 e. The Balaban J connectivity index is 4.78. The fourth-order valence-corrected chi connectivity index (χ4v) is 1.54. The van der Waals surface area contributed by atoms with E-state index in [9.17, 15) is 9.59 Å². The molecule has 0 aromatic rings. The summed E-state index contributed by atoms with van der Waals surface area (Å²) >= 11 is 0. The first-order chi connectivity index (χ1) is 7.82. The molecule has 0 aliphatic carbocycles. The van der Waals surface area contributed by atoms with Crippen LogP contribution in [0.5, 0.6) is 0 Å². The van der Waals surface area contributed by atoms with Crippen molar-refractivity contribution in [2.75, 3.05) is 0 Å². The summed E-state index contributed by atoms with van der Waals surface area (Å²) in [5.74, 6) is -1.51. The number of carbonyl (C=O) groups is 2. The molecular formula is C12H24N2O3. The Bertz CT molecular complexity index is 275. The quantitative estimate of drug-likeness (QED) is 0.625. The number of hydrogen-bond donors (Lipinski definition) is 3. The van der Waals surface area contributed by atoms with Gasteiger partial charge in [0.25, 0.3) is 0 Å². The number of nitrogens with one attached hydrogen (secondary N) is 1. The molecule has 17 heavy (non-hydrogen) atoms. The molecule has 0 saturated heterocycles. The van der Waals surface area contributed by atoms with E-state index in [2.05, 4.69) is 5.32 Å². The van der Waals surface area contributed by atoms with Crippen LogP contribution in [0.25, 0.3) is 0 Å². The van der Waals surface area contributed by atoms with E-state index in [1.807, 2.05) is 20.8 Å². The Labute approximate surface area is 103 Å². The Morgan fingerprint density at radius 3 is 2.06 bits per heavy atom. The number of aliphatic carboxylic acids is 1. The number of amides is 1. The van der Waals surface area contributed by atoms with Crippen molar-refractivity contribution < 1.29 is 14.7 Å². The minimum Gasteiger partial charge on any atom is -0.480 e. The summed E-state index contributed by atoms with van der Waals surface area (Å²) in [6.07, 6.45) is 1.66. The van der Waals surface area contributed by atoms with Gasteiger partial charge in [-0.25, -0.2) is 4.79 Å². The third-order valence-corrected chi connectivity index (χ3v) is 3.48. The Kier molecular flexibility index (Phi) is 6.16. The van der Waals surface area contributed by atoms with E-state index >= 15 is 0 Å². The number of rotatable bonds is 7. The predicted octanol–water partition coefficient (Wildman–Crippen LogP) is 1.12. The van der Waals surface area contributed by atoms with Gasteiger partial charge in [-0.3, -0.25) is 4.79 Å². The van der Waals surface area contributed by atoms with Gasteiger partial charge >= 0.3 is 5.97 Å². The first kappa shape index (κ1) is 15.9. The summed E-state index contributed by atoms with van der Waals surface area (Å²) in [6, 6.07) is -0.867. The van der Waals surface area contributed by atoms with Crippen LogP contribution in [-0.2, 0) is 9.59 Å². The van der Waals surface area contributed by atoms with Crippen LogP contribution >= 0.6 is 0 Å². The number of carboxylic acid groups (broad SMARTS) is 1. The fourth-order valence-electron chi connectivity index (χ4n) is 1.54. The number of carbonyl (C=O) groups excluding carboxylic acids is 1.